The van der Waals surface area contributed by atoms with Gasteiger partial charge in [-0.2, -0.15) is 0 Å². The molecular formula is C31H39N3O2S. The van der Waals surface area contributed by atoms with Crippen molar-refractivity contribution in [1.29, 1.82) is 0 Å². The van der Waals surface area contributed by atoms with Gasteiger partial charge in [0.05, 0.1) is 16.8 Å². The van der Waals surface area contributed by atoms with Gasteiger partial charge in [0.25, 0.3) is 11.8 Å². The molecule has 2 fully saturated rings. The average Bonchev–Trinajstić information content (AvgIpc) is 3.35. The van der Waals surface area contributed by atoms with Crippen LogP contribution in [0.5, 0.6) is 0 Å². The van der Waals surface area contributed by atoms with Crippen molar-refractivity contribution in [3.63, 3.8) is 0 Å². The Balaban J connectivity index is 1.41. The van der Waals surface area contributed by atoms with Crippen LogP contribution in [-0.4, -0.2) is 38.9 Å². The molecule has 0 spiro atoms. The molecule has 0 aromatic carbocycles. The second kappa shape index (κ2) is 9.94. The molecular weight excluding hydrogens is 478 g/mol. The summed E-state index contributed by atoms with van der Waals surface area (Å²) in [7, 11) is 0. The molecule has 2 aromatic rings. The number of amides is 2. The number of aromatic nitrogens is 1. The topological polar surface area (TPSA) is 54.3 Å². The van der Waals surface area contributed by atoms with Crippen molar-refractivity contribution in [2.45, 2.75) is 94.8 Å². The molecule has 6 heteroatoms. The van der Waals surface area contributed by atoms with Crippen molar-refractivity contribution in [3.8, 4) is 0 Å². The molecule has 0 radical (unpaired) electrons. The molecule has 2 aromatic heterocycles. The molecule has 1 N–H and O–H groups in total. The molecule has 4 unspecified atom stereocenters. The van der Waals surface area contributed by atoms with Crippen LogP contribution in [0.1, 0.15) is 79.6 Å². The van der Waals surface area contributed by atoms with Crippen LogP contribution in [0, 0.1) is 11.8 Å². The van der Waals surface area contributed by atoms with Gasteiger partial charge < -0.3 is 14.8 Å². The highest BCUT2D eigenvalue weighted by Crippen LogP contribution is 2.46. The van der Waals surface area contributed by atoms with E-state index in [4.69, 9.17) is 0 Å². The number of nitrogens with zero attached hydrogens (tertiary/aromatic N) is 2. The fourth-order valence-electron chi connectivity index (χ4n) is 7.25. The summed E-state index contributed by atoms with van der Waals surface area (Å²) in [6.07, 6.45) is 20.1. The summed E-state index contributed by atoms with van der Waals surface area (Å²) < 4.78 is 3.27. The van der Waals surface area contributed by atoms with Gasteiger partial charge in [0.1, 0.15) is 5.69 Å². The number of hydrogen-bond donors (Lipinski definition) is 1. The average molecular weight is 518 g/mol. The first kappa shape index (κ1) is 24.7. The molecule has 2 aliphatic carbocycles. The SMILES string of the molecule is C=CCCc1cc2c(cc3n2CC2(C(=O)NC4CCCCCC4)C=CC4CC(C=C)CCC4N2C3=O)s1. The first-order valence-electron chi connectivity index (χ1n) is 14.2. The van der Waals surface area contributed by atoms with Gasteiger partial charge >= 0.3 is 0 Å². The Morgan fingerprint density at radius 1 is 1.14 bits per heavy atom. The Hall–Kier alpha value is -2.60. The van der Waals surface area contributed by atoms with E-state index in [1.165, 1.54) is 17.7 Å². The maximum atomic E-state index is 14.3. The lowest BCUT2D eigenvalue weighted by atomic mass is 9.71. The number of thiophene rings is 1. The Morgan fingerprint density at radius 3 is 2.70 bits per heavy atom. The Kier molecular flexibility index (Phi) is 6.64. The van der Waals surface area contributed by atoms with E-state index in [0.29, 0.717) is 12.5 Å². The summed E-state index contributed by atoms with van der Waals surface area (Å²) in [5.74, 6) is 0.756. The number of hydrogen-bond acceptors (Lipinski definition) is 3. The zero-order chi connectivity index (χ0) is 25.6. The van der Waals surface area contributed by atoms with Gasteiger partial charge in [-0.3, -0.25) is 9.59 Å². The molecule has 2 amide bonds. The zero-order valence-electron chi connectivity index (χ0n) is 21.8. The Bertz CT molecular complexity index is 1250. The first-order chi connectivity index (χ1) is 18.0. The number of allylic oxidation sites excluding steroid dienone is 2. The van der Waals surface area contributed by atoms with E-state index < -0.39 is 5.54 Å². The van der Waals surface area contributed by atoms with Crippen LogP contribution in [0.4, 0.5) is 0 Å². The van der Waals surface area contributed by atoms with E-state index in [1.807, 2.05) is 11.0 Å². The molecule has 4 atom stereocenters. The number of carbonyl (C=O) groups excluding carboxylic acids is 2. The third-order valence-corrected chi connectivity index (χ3v) is 10.4. The number of aryl methyl sites for hydroxylation is 1. The van der Waals surface area contributed by atoms with Gasteiger partial charge in [0.2, 0.25) is 0 Å². The van der Waals surface area contributed by atoms with Crippen molar-refractivity contribution in [1.82, 2.24) is 14.8 Å². The van der Waals surface area contributed by atoms with Gasteiger partial charge in [-0.15, -0.1) is 24.5 Å². The molecule has 4 heterocycles. The molecule has 4 aliphatic rings. The third kappa shape index (κ3) is 4.21. The summed E-state index contributed by atoms with van der Waals surface area (Å²) in [5, 5.41) is 3.44. The van der Waals surface area contributed by atoms with Crippen LogP contribution in [0.15, 0.2) is 49.6 Å². The molecule has 0 bridgehead atoms. The molecule has 196 valence electrons. The molecule has 6 rings (SSSR count). The lowest BCUT2D eigenvalue weighted by Gasteiger charge is -2.54. The molecule has 5 nitrogen and oxygen atoms in total. The minimum absolute atomic E-state index is 0.00269. The zero-order valence-corrected chi connectivity index (χ0v) is 22.6. The minimum atomic E-state index is -0.978. The maximum absolute atomic E-state index is 14.3. The van der Waals surface area contributed by atoms with E-state index in [-0.39, 0.29) is 29.8 Å². The van der Waals surface area contributed by atoms with Crippen LogP contribution in [-0.2, 0) is 17.8 Å². The highest BCUT2D eigenvalue weighted by Gasteiger charge is 2.56. The number of carbonyl (C=O) groups is 2. The van der Waals surface area contributed by atoms with E-state index in [1.54, 1.807) is 11.3 Å². The first-order valence-corrected chi connectivity index (χ1v) is 15.0. The lowest BCUT2D eigenvalue weighted by molar-refractivity contribution is -0.134. The van der Waals surface area contributed by atoms with Gasteiger partial charge in [0.15, 0.2) is 5.54 Å². The van der Waals surface area contributed by atoms with Gasteiger partial charge in [-0.1, -0.05) is 50.0 Å². The Labute approximate surface area is 224 Å². The van der Waals surface area contributed by atoms with Crippen LogP contribution in [0.25, 0.3) is 10.2 Å². The van der Waals surface area contributed by atoms with Crippen molar-refractivity contribution in [3.05, 3.63) is 60.2 Å². The quantitative estimate of drug-likeness (QED) is 0.356. The summed E-state index contributed by atoms with van der Waals surface area (Å²) in [5.41, 5.74) is 0.835. The number of rotatable bonds is 6. The van der Waals surface area contributed by atoms with E-state index in [2.05, 4.69) is 53.4 Å². The highest BCUT2D eigenvalue weighted by atomic mass is 32.1. The second-order valence-corrected chi connectivity index (χ2v) is 12.7. The normalized spacial score (nSPS) is 29.8. The monoisotopic (exact) mass is 517 g/mol. The lowest BCUT2D eigenvalue weighted by Crippen LogP contribution is -2.70. The summed E-state index contributed by atoms with van der Waals surface area (Å²) >= 11 is 1.76. The van der Waals surface area contributed by atoms with Crippen molar-refractivity contribution >= 4 is 33.4 Å². The van der Waals surface area contributed by atoms with Gasteiger partial charge in [0, 0.05) is 17.0 Å². The highest BCUT2D eigenvalue weighted by molar-refractivity contribution is 7.19. The second-order valence-electron chi connectivity index (χ2n) is 11.6. The van der Waals surface area contributed by atoms with Gasteiger partial charge in [-0.25, -0.2) is 0 Å². The molecule has 2 aliphatic heterocycles. The predicted molar refractivity (Wildman–Crippen MR) is 151 cm³/mol. The largest absolute Gasteiger partial charge is 0.351 e. The number of nitrogens with one attached hydrogen (secondary N) is 1. The fraction of sp³-hybridized carbons (Fsp3) is 0.548. The fourth-order valence-corrected chi connectivity index (χ4v) is 8.37. The molecule has 0 saturated heterocycles. The minimum Gasteiger partial charge on any atom is -0.351 e. The van der Waals surface area contributed by atoms with Crippen LogP contribution in [0.2, 0.25) is 0 Å². The number of fused-ring (bicyclic) bond motifs is 6. The summed E-state index contributed by atoms with van der Waals surface area (Å²) in [6, 6.07) is 4.53. The predicted octanol–water partition coefficient (Wildman–Crippen LogP) is 6.40. The van der Waals surface area contributed by atoms with E-state index in [0.717, 1.165) is 73.7 Å². The van der Waals surface area contributed by atoms with Crippen LogP contribution in [0.3, 0.4) is 0 Å². The third-order valence-electron chi connectivity index (χ3n) is 9.27. The van der Waals surface area contributed by atoms with E-state index >= 15 is 0 Å². The molecule has 2 saturated carbocycles. The van der Waals surface area contributed by atoms with Crippen molar-refractivity contribution in [2.24, 2.45) is 11.8 Å². The van der Waals surface area contributed by atoms with E-state index in [9.17, 15) is 9.59 Å². The van der Waals surface area contributed by atoms with Gasteiger partial charge in [-0.05, 0) is 68.9 Å². The molecule has 37 heavy (non-hydrogen) atoms. The maximum Gasteiger partial charge on any atom is 0.272 e. The summed E-state index contributed by atoms with van der Waals surface area (Å²) in [4.78, 5) is 31.9. The van der Waals surface area contributed by atoms with Crippen LogP contribution >= 0.6 is 11.3 Å². The Morgan fingerprint density at radius 2 is 1.95 bits per heavy atom. The van der Waals surface area contributed by atoms with Crippen molar-refractivity contribution in [2.75, 3.05) is 0 Å². The summed E-state index contributed by atoms with van der Waals surface area (Å²) in [6.45, 7) is 8.37. The van der Waals surface area contributed by atoms with Crippen molar-refractivity contribution < 1.29 is 9.59 Å². The smallest absolute Gasteiger partial charge is 0.272 e. The standard InChI is InChI=1S/C31H39N3O2S/c1-3-5-12-24-18-26-28(37-24)19-27-29(35)34-25-14-13-21(4-2)17-22(25)15-16-31(34,20-33(26)27)30(36)32-23-10-8-6-7-9-11-23/h3-4,15-16,18-19,21-23,25H,1-2,5-14,17,20H2,(H,32,36). The van der Waals surface area contributed by atoms with Crippen LogP contribution < -0.4 is 5.32 Å².